The van der Waals surface area contributed by atoms with Crippen LogP contribution in [-0.4, -0.2) is 40.2 Å². The molecule has 3 N–H and O–H groups in total. The monoisotopic (exact) mass is 483 g/mol. The third-order valence-corrected chi connectivity index (χ3v) is 5.53. The molecule has 1 saturated heterocycles. The van der Waals surface area contributed by atoms with Gasteiger partial charge in [0.2, 0.25) is 11.7 Å². The minimum absolute atomic E-state index is 0.00693. The third kappa shape index (κ3) is 5.94. The molecule has 186 valence electrons. The van der Waals surface area contributed by atoms with E-state index in [4.69, 9.17) is 10.5 Å². The van der Waals surface area contributed by atoms with Crippen LogP contribution in [0.4, 0.5) is 29.2 Å². The van der Waals surface area contributed by atoms with Crippen LogP contribution in [0.3, 0.4) is 0 Å². The molecule has 2 aromatic rings. The molecule has 1 aromatic heterocycles. The van der Waals surface area contributed by atoms with Crippen molar-refractivity contribution in [2.24, 2.45) is 5.73 Å². The number of carbonyl (C=O) groups is 1. The summed E-state index contributed by atoms with van der Waals surface area (Å²) in [6.45, 7) is 7.57. The smallest absolute Gasteiger partial charge is 0.370 e. The minimum Gasteiger partial charge on any atom is -0.370 e. The number of benzene rings is 1. The summed E-state index contributed by atoms with van der Waals surface area (Å²) < 4.78 is 60.0. The van der Waals surface area contributed by atoms with Gasteiger partial charge in [0.25, 0.3) is 0 Å². The highest BCUT2D eigenvalue weighted by atomic mass is 19.4. The molecule has 0 aliphatic carbocycles. The van der Waals surface area contributed by atoms with E-state index in [1.165, 1.54) is 12.1 Å². The first-order chi connectivity index (χ1) is 15.8. The van der Waals surface area contributed by atoms with Crippen molar-refractivity contribution in [1.82, 2.24) is 9.97 Å². The zero-order chi connectivity index (χ0) is 25.3. The van der Waals surface area contributed by atoms with Gasteiger partial charge in [0.05, 0.1) is 23.3 Å². The summed E-state index contributed by atoms with van der Waals surface area (Å²) in [7, 11) is 0. The van der Waals surface area contributed by atoms with Crippen LogP contribution in [0.2, 0.25) is 0 Å². The summed E-state index contributed by atoms with van der Waals surface area (Å²) in [5, 5.41) is 2.73. The number of hydrogen-bond acceptors (Lipinski definition) is 6. The summed E-state index contributed by atoms with van der Waals surface area (Å²) >= 11 is 0. The Morgan fingerprint density at radius 1 is 1.21 bits per heavy atom. The molecule has 2 heterocycles. The van der Waals surface area contributed by atoms with E-state index in [2.05, 4.69) is 15.3 Å². The lowest BCUT2D eigenvalue weighted by molar-refractivity contribution is -0.137. The molecule has 11 heteroatoms. The first kappa shape index (κ1) is 25.7. The van der Waals surface area contributed by atoms with Crippen molar-refractivity contribution in [2.45, 2.75) is 70.5 Å². The molecule has 3 unspecified atom stereocenters. The average molecular weight is 484 g/mol. The minimum atomic E-state index is -4.43. The fourth-order valence-electron chi connectivity index (χ4n) is 4.12. The highest BCUT2D eigenvalue weighted by molar-refractivity contribution is 5.83. The summed E-state index contributed by atoms with van der Waals surface area (Å²) in [6.07, 6.45) is -2.62. The van der Waals surface area contributed by atoms with E-state index in [0.29, 0.717) is 24.9 Å². The number of primary amides is 1. The van der Waals surface area contributed by atoms with Crippen molar-refractivity contribution in [2.75, 3.05) is 16.8 Å². The van der Waals surface area contributed by atoms with Gasteiger partial charge in [-0.1, -0.05) is 12.1 Å². The van der Waals surface area contributed by atoms with Gasteiger partial charge in [-0.2, -0.15) is 17.6 Å². The summed E-state index contributed by atoms with van der Waals surface area (Å²) in [6, 6.07) is 3.43. The Hall–Kier alpha value is -2.95. The Morgan fingerprint density at radius 3 is 2.41 bits per heavy atom. The van der Waals surface area contributed by atoms with Gasteiger partial charge in [-0.3, -0.25) is 4.79 Å². The lowest BCUT2D eigenvalue weighted by Crippen LogP contribution is -2.47. The van der Waals surface area contributed by atoms with E-state index in [1.54, 1.807) is 11.8 Å². The van der Waals surface area contributed by atoms with E-state index in [0.717, 1.165) is 18.5 Å². The molecule has 34 heavy (non-hydrogen) atoms. The van der Waals surface area contributed by atoms with Crippen LogP contribution < -0.4 is 16.0 Å². The zero-order valence-corrected chi connectivity index (χ0v) is 19.5. The third-order valence-electron chi connectivity index (χ3n) is 5.53. The molecular formula is C23H29F4N5O2. The molecule has 0 saturated carbocycles. The number of anilines is 2. The van der Waals surface area contributed by atoms with Gasteiger partial charge < -0.3 is 20.7 Å². The summed E-state index contributed by atoms with van der Waals surface area (Å²) in [5.41, 5.74) is 4.84. The van der Waals surface area contributed by atoms with Crippen LogP contribution in [0, 0.1) is 5.82 Å². The molecule has 3 rings (SSSR count). The number of nitrogens with one attached hydrogen (secondary N) is 1. The fourth-order valence-corrected chi connectivity index (χ4v) is 4.12. The molecule has 1 aromatic carbocycles. The second-order valence-electron chi connectivity index (χ2n) is 9.29. The van der Waals surface area contributed by atoms with E-state index >= 15 is 4.39 Å². The van der Waals surface area contributed by atoms with Crippen LogP contribution in [-0.2, 0) is 15.7 Å². The Bertz CT molecular complexity index is 1010. The largest absolute Gasteiger partial charge is 0.416 e. The number of rotatable bonds is 7. The topological polar surface area (TPSA) is 93.4 Å². The lowest BCUT2D eigenvalue weighted by atomic mass is 10.0. The number of hydrogen-bond donors (Lipinski definition) is 2. The van der Waals surface area contributed by atoms with Crippen LogP contribution in [0.25, 0.3) is 0 Å². The molecule has 7 nitrogen and oxygen atoms in total. The number of alkyl halides is 3. The quantitative estimate of drug-likeness (QED) is 0.566. The number of carbonyl (C=O) groups excluding carboxylic acids is 1. The molecule has 0 spiro atoms. The van der Waals surface area contributed by atoms with Crippen molar-refractivity contribution >= 4 is 17.5 Å². The number of nitrogens with two attached hydrogens (primary N) is 1. The van der Waals surface area contributed by atoms with Crippen LogP contribution >= 0.6 is 0 Å². The van der Waals surface area contributed by atoms with Crippen molar-refractivity contribution in [3.05, 3.63) is 47.5 Å². The molecule has 1 aliphatic rings. The van der Waals surface area contributed by atoms with Crippen molar-refractivity contribution < 1.29 is 27.1 Å². The molecule has 1 fully saturated rings. The Morgan fingerprint density at radius 2 is 1.85 bits per heavy atom. The maximum atomic E-state index is 15.5. The number of ether oxygens (including phenoxy) is 1. The Labute approximate surface area is 195 Å². The van der Waals surface area contributed by atoms with Crippen molar-refractivity contribution in [3.8, 4) is 0 Å². The lowest BCUT2D eigenvalue weighted by Gasteiger charge is -2.30. The molecule has 1 amide bonds. The van der Waals surface area contributed by atoms with Gasteiger partial charge in [0.1, 0.15) is 12.4 Å². The van der Waals surface area contributed by atoms with Gasteiger partial charge >= 0.3 is 6.18 Å². The maximum absolute atomic E-state index is 15.5. The molecule has 0 bridgehead atoms. The Balaban J connectivity index is 1.86. The zero-order valence-electron chi connectivity index (χ0n) is 19.5. The number of amides is 1. The SMILES string of the molecule is CC(OC(C)(C)C)C(Nc1ncnc(N2CCCC2c2ccc(C(F)(F)F)cc2)c1F)C(N)=O. The first-order valence-corrected chi connectivity index (χ1v) is 11.0. The Kier molecular flexibility index (Phi) is 7.35. The molecule has 0 radical (unpaired) electrons. The van der Waals surface area contributed by atoms with Crippen LogP contribution in [0.5, 0.6) is 0 Å². The molecule has 3 atom stereocenters. The van der Waals surface area contributed by atoms with E-state index < -0.39 is 41.2 Å². The highest BCUT2D eigenvalue weighted by Crippen LogP contribution is 2.38. The van der Waals surface area contributed by atoms with E-state index in [-0.39, 0.29) is 17.7 Å². The standard InChI is InChI=1S/C23H29F4N5O2/c1-13(34-22(2,3)4)18(19(28)33)31-20-17(24)21(30-12-29-20)32-11-5-6-16(32)14-7-9-15(10-8-14)23(25,26)27/h7-10,12-13,16,18H,5-6,11H2,1-4H3,(H2,28,33)(H,29,30,31). The van der Waals surface area contributed by atoms with Crippen molar-refractivity contribution in [3.63, 3.8) is 0 Å². The summed E-state index contributed by atoms with van der Waals surface area (Å²) in [4.78, 5) is 21.8. The van der Waals surface area contributed by atoms with Crippen molar-refractivity contribution in [1.29, 1.82) is 0 Å². The van der Waals surface area contributed by atoms with Gasteiger partial charge in [0.15, 0.2) is 11.6 Å². The summed E-state index contributed by atoms with van der Waals surface area (Å²) in [5.74, 6) is -1.74. The maximum Gasteiger partial charge on any atom is 0.416 e. The normalized spacial score (nSPS) is 18.6. The molecule has 1 aliphatic heterocycles. The van der Waals surface area contributed by atoms with Gasteiger partial charge in [-0.25, -0.2) is 9.97 Å². The number of aromatic nitrogens is 2. The van der Waals surface area contributed by atoms with E-state index in [1.807, 2.05) is 20.8 Å². The second kappa shape index (κ2) is 9.73. The number of halogens is 4. The highest BCUT2D eigenvalue weighted by Gasteiger charge is 2.34. The predicted octanol–water partition coefficient (Wildman–Crippen LogP) is 4.45. The fraction of sp³-hybridized carbons (Fsp3) is 0.522. The molecular weight excluding hydrogens is 454 g/mol. The van der Waals surface area contributed by atoms with Crippen LogP contribution in [0.1, 0.15) is 57.7 Å². The predicted molar refractivity (Wildman–Crippen MR) is 120 cm³/mol. The van der Waals surface area contributed by atoms with E-state index in [9.17, 15) is 18.0 Å². The first-order valence-electron chi connectivity index (χ1n) is 11.0. The van der Waals surface area contributed by atoms with Gasteiger partial charge in [-0.05, 0) is 58.2 Å². The average Bonchev–Trinajstić information content (AvgIpc) is 3.20. The number of nitrogens with zero attached hydrogens (tertiary/aromatic N) is 3. The second-order valence-corrected chi connectivity index (χ2v) is 9.29. The van der Waals surface area contributed by atoms with Gasteiger partial charge in [-0.15, -0.1) is 0 Å². The van der Waals surface area contributed by atoms with Crippen LogP contribution in [0.15, 0.2) is 30.6 Å². The van der Waals surface area contributed by atoms with Gasteiger partial charge in [0, 0.05) is 6.54 Å².